The van der Waals surface area contributed by atoms with Gasteiger partial charge in [-0.05, 0) is 12.3 Å². The summed E-state index contributed by atoms with van der Waals surface area (Å²) in [5.41, 5.74) is 8.23. The fourth-order valence-corrected chi connectivity index (χ4v) is 5.05. The first-order chi connectivity index (χ1) is 13.5. The fourth-order valence-electron chi connectivity index (χ4n) is 2.57. The molecule has 0 atom stereocenters. The van der Waals surface area contributed by atoms with Crippen molar-refractivity contribution < 1.29 is 14.2 Å². The van der Waals surface area contributed by atoms with E-state index in [9.17, 15) is 0 Å². The number of thiophene rings is 1. The maximum atomic E-state index is 7.66. The van der Waals surface area contributed by atoms with Crippen molar-refractivity contribution in [2.45, 2.75) is 4.21 Å². The molecule has 0 radical (unpaired) electrons. The molecule has 0 amide bonds. The zero-order valence-corrected chi connectivity index (χ0v) is 19.5. The van der Waals surface area contributed by atoms with E-state index in [1.165, 1.54) is 22.7 Å². The molecule has 29 heavy (non-hydrogen) atoms. The Labute approximate surface area is 187 Å². The van der Waals surface area contributed by atoms with Crippen LogP contribution in [0.15, 0.2) is 27.8 Å². The van der Waals surface area contributed by atoms with Gasteiger partial charge in [0, 0.05) is 28.8 Å². The number of thiazole rings is 1. The molecule has 0 aliphatic rings. The molecule has 0 aliphatic heterocycles. The van der Waals surface area contributed by atoms with Crippen LogP contribution >= 0.6 is 46.8 Å². The number of rotatable bonds is 8. The number of aromatic nitrogens is 1. The second kappa shape index (κ2) is 10.1. The quantitative estimate of drug-likeness (QED) is 0.239. The van der Waals surface area contributed by atoms with Gasteiger partial charge in [-0.3, -0.25) is 5.41 Å². The highest BCUT2D eigenvalue weighted by atomic mass is 35.5. The van der Waals surface area contributed by atoms with Gasteiger partial charge in [-0.1, -0.05) is 0 Å². The van der Waals surface area contributed by atoms with Crippen molar-refractivity contribution in [1.82, 2.24) is 4.98 Å². The van der Waals surface area contributed by atoms with Gasteiger partial charge < -0.3 is 25.3 Å². The molecule has 0 saturated carbocycles. The second-order valence-electron chi connectivity index (χ2n) is 5.51. The van der Waals surface area contributed by atoms with Crippen molar-refractivity contribution in [2.24, 2.45) is 5.73 Å². The third-order valence-corrected chi connectivity index (χ3v) is 6.91. The van der Waals surface area contributed by atoms with Gasteiger partial charge in [0.2, 0.25) is 5.75 Å². The van der Waals surface area contributed by atoms with Gasteiger partial charge in [-0.2, -0.15) is 0 Å². The average Bonchev–Trinajstić information content (AvgIpc) is 3.33. The zero-order valence-electron chi connectivity index (χ0n) is 16.2. The van der Waals surface area contributed by atoms with Crippen LogP contribution < -0.4 is 25.3 Å². The molecule has 0 bridgehead atoms. The fraction of sp³-hybridized carbons (Fsp3) is 0.222. The van der Waals surface area contributed by atoms with E-state index in [2.05, 4.69) is 10.3 Å². The van der Waals surface area contributed by atoms with Crippen molar-refractivity contribution in [3.63, 3.8) is 0 Å². The van der Waals surface area contributed by atoms with Crippen LogP contribution in [0.5, 0.6) is 17.2 Å². The Balaban J connectivity index is 0.00000300. The lowest BCUT2D eigenvalue weighted by Crippen LogP contribution is -2.08. The summed E-state index contributed by atoms with van der Waals surface area (Å²) in [5, 5.41) is 13.7. The van der Waals surface area contributed by atoms with Gasteiger partial charge in [0.05, 0.1) is 36.1 Å². The van der Waals surface area contributed by atoms with Crippen molar-refractivity contribution in [3.8, 4) is 28.5 Å². The molecule has 156 valence electrons. The summed E-state index contributed by atoms with van der Waals surface area (Å²) in [5.74, 6) is 1.73. The first-order valence-electron chi connectivity index (χ1n) is 8.05. The summed E-state index contributed by atoms with van der Waals surface area (Å²) in [7, 11) is 4.73. The van der Waals surface area contributed by atoms with Crippen LogP contribution in [0.1, 0.15) is 4.88 Å². The van der Waals surface area contributed by atoms with E-state index in [-0.39, 0.29) is 18.2 Å². The topological polar surface area (TPSA) is 102 Å². The van der Waals surface area contributed by atoms with Gasteiger partial charge in [0.25, 0.3) is 0 Å². The number of nitrogens with one attached hydrogen (secondary N) is 2. The third-order valence-electron chi connectivity index (χ3n) is 3.84. The van der Waals surface area contributed by atoms with E-state index in [0.29, 0.717) is 17.2 Å². The molecular weight excluding hydrogens is 452 g/mol. The summed E-state index contributed by atoms with van der Waals surface area (Å²) in [6.45, 7) is 0. The first kappa shape index (κ1) is 23.1. The van der Waals surface area contributed by atoms with Crippen molar-refractivity contribution in [3.05, 3.63) is 28.5 Å². The highest BCUT2D eigenvalue weighted by Crippen LogP contribution is 2.42. The standard InChI is InChI=1S/C18H20N4O3S3.ClH/c1-23-12-5-9(6-13(24-2)15(12)25-3)21-18-22-11(8-27-18)10-7-14(16(19)20)28-17(10)26-4;/h5-8H,1-4H3,(H3,19,20)(H,21,22);1H. The molecule has 0 aliphatic carbocycles. The number of nitrogens with two attached hydrogens (primary N) is 1. The number of amidine groups is 1. The Morgan fingerprint density at radius 2 is 1.79 bits per heavy atom. The summed E-state index contributed by atoms with van der Waals surface area (Å²) >= 11 is 4.61. The lowest BCUT2D eigenvalue weighted by Gasteiger charge is -2.14. The largest absolute Gasteiger partial charge is 0.493 e. The number of benzene rings is 1. The third kappa shape index (κ3) is 4.89. The average molecular weight is 473 g/mol. The molecular formula is C18H21ClN4O3S3. The number of hydrogen-bond donors (Lipinski definition) is 3. The predicted octanol–water partition coefficient (Wildman–Crippen LogP) is 5.07. The molecule has 0 unspecified atom stereocenters. The lowest BCUT2D eigenvalue weighted by molar-refractivity contribution is 0.324. The van der Waals surface area contributed by atoms with Crippen LogP contribution in [0, 0.1) is 5.41 Å². The molecule has 2 heterocycles. The van der Waals surface area contributed by atoms with E-state index in [1.54, 1.807) is 33.1 Å². The van der Waals surface area contributed by atoms with Crippen molar-refractivity contribution >= 4 is 63.5 Å². The van der Waals surface area contributed by atoms with Gasteiger partial charge in [-0.25, -0.2) is 4.98 Å². The highest BCUT2D eigenvalue weighted by Gasteiger charge is 2.17. The Morgan fingerprint density at radius 1 is 1.14 bits per heavy atom. The number of methoxy groups -OCH3 is 3. The molecule has 3 aromatic rings. The minimum absolute atomic E-state index is 0. The number of halogens is 1. The van der Waals surface area contributed by atoms with E-state index in [1.807, 2.05) is 29.8 Å². The Morgan fingerprint density at radius 3 is 2.31 bits per heavy atom. The minimum Gasteiger partial charge on any atom is -0.493 e. The lowest BCUT2D eigenvalue weighted by atomic mass is 10.2. The SMILES string of the molecule is COc1cc(Nc2nc(-c3cc(C(=N)N)sc3SC)cs2)cc(OC)c1OC.Cl. The summed E-state index contributed by atoms with van der Waals surface area (Å²) in [6.07, 6.45) is 2.00. The molecule has 7 nitrogen and oxygen atoms in total. The predicted molar refractivity (Wildman–Crippen MR) is 125 cm³/mol. The van der Waals surface area contributed by atoms with Crippen molar-refractivity contribution in [1.29, 1.82) is 5.41 Å². The molecule has 0 spiro atoms. The molecule has 11 heteroatoms. The summed E-state index contributed by atoms with van der Waals surface area (Å²) in [4.78, 5) is 5.43. The zero-order chi connectivity index (χ0) is 20.3. The number of nitrogens with zero attached hydrogens (tertiary/aromatic N) is 1. The van der Waals surface area contributed by atoms with Gasteiger partial charge in [-0.15, -0.1) is 46.8 Å². The molecule has 3 rings (SSSR count). The normalized spacial score (nSPS) is 10.2. The van der Waals surface area contributed by atoms with Crippen LogP contribution in [0.4, 0.5) is 10.8 Å². The summed E-state index contributed by atoms with van der Waals surface area (Å²) < 4.78 is 17.2. The van der Waals surface area contributed by atoms with E-state index >= 15 is 0 Å². The number of nitrogen functional groups attached to an aromatic ring is 1. The number of thioether (sulfide) groups is 1. The van der Waals surface area contributed by atoms with Crippen LogP contribution in [0.2, 0.25) is 0 Å². The highest BCUT2D eigenvalue weighted by molar-refractivity contribution is 8.00. The number of hydrogen-bond acceptors (Lipinski definition) is 9. The van der Waals surface area contributed by atoms with E-state index in [4.69, 9.17) is 25.4 Å². The van der Waals surface area contributed by atoms with E-state index < -0.39 is 0 Å². The second-order valence-corrected chi connectivity index (χ2v) is 8.49. The van der Waals surface area contributed by atoms with Crippen LogP contribution in [0.3, 0.4) is 0 Å². The van der Waals surface area contributed by atoms with Gasteiger partial charge >= 0.3 is 0 Å². The Bertz CT molecular complexity index is 981. The first-order valence-corrected chi connectivity index (χ1v) is 11.0. The van der Waals surface area contributed by atoms with Gasteiger partial charge in [0.1, 0.15) is 5.84 Å². The Hall–Kier alpha value is -2.14. The van der Waals surface area contributed by atoms with Crippen LogP contribution in [0.25, 0.3) is 11.3 Å². The molecule has 0 saturated heterocycles. The molecule has 1 aromatic carbocycles. The summed E-state index contributed by atoms with van der Waals surface area (Å²) in [6, 6.07) is 5.57. The van der Waals surface area contributed by atoms with Crippen LogP contribution in [-0.4, -0.2) is 38.4 Å². The van der Waals surface area contributed by atoms with Crippen molar-refractivity contribution in [2.75, 3.05) is 32.9 Å². The molecule has 4 N–H and O–H groups in total. The maximum absolute atomic E-state index is 7.66. The number of ether oxygens (including phenoxy) is 3. The number of anilines is 2. The minimum atomic E-state index is 0. The monoisotopic (exact) mass is 472 g/mol. The van der Waals surface area contributed by atoms with Crippen LogP contribution in [-0.2, 0) is 0 Å². The molecule has 2 aromatic heterocycles. The Kier molecular flexibility index (Phi) is 8.03. The molecule has 0 fully saturated rings. The maximum Gasteiger partial charge on any atom is 0.203 e. The van der Waals surface area contributed by atoms with Gasteiger partial charge in [0.15, 0.2) is 16.6 Å². The smallest absolute Gasteiger partial charge is 0.203 e. The van der Waals surface area contributed by atoms with E-state index in [0.717, 1.165) is 31.2 Å².